The van der Waals surface area contributed by atoms with Crippen LogP contribution in [0, 0.1) is 0 Å². The first kappa shape index (κ1) is 16.0. The molecule has 1 N–H and O–H groups in total. The van der Waals surface area contributed by atoms with Gasteiger partial charge in [-0.15, -0.1) is 0 Å². The highest BCUT2D eigenvalue weighted by Gasteiger charge is 2.20. The second kappa shape index (κ2) is 7.10. The van der Waals surface area contributed by atoms with Crippen LogP contribution in [0.25, 0.3) is 0 Å². The Morgan fingerprint density at radius 2 is 1.91 bits per heavy atom. The summed E-state index contributed by atoms with van der Waals surface area (Å²) in [6, 6.07) is 9.74. The second-order valence-electron chi connectivity index (χ2n) is 5.69. The summed E-state index contributed by atoms with van der Waals surface area (Å²) in [5.41, 5.74) is 2.38. The van der Waals surface area contributed by atoms with Crippen molar-refractivity contribution < 1.29 is 4.79 Å². The van der Waals surface area contributed by atoms with Gasteiger partial charge in [-0.05, 0) is 31.3 Å². The molecule has 3 rings (SSSR count). The van der Waals surface area contributed by atoms with Crippen LogP contribution in [-0.4, -0.2) is 53.9 Å². The first-order chi connectivity index (χ1) is 11.1. The number of aromatic nitrogens is 1. The molecule has 1 saturated heterocycles. The SMILES string of the molecule is CN1CCN(C(=O)c2cncc(Nc3cccc(Br)c3)c2)CC1. The number of benzene rings is 1. The fraction of sp³-hybridized carbons (Fsp3) is 0.294. The summed E-state index contributed by atoms with van der Waals surface area (Å²) in [6.45, 7) is 3.35. The Morgan fingerprint density at radius 3 is 2.65 bits per heavy atom. The number of amides is 1. The topological polar surface area (TPSA) is 48.5 Å². The number of nitrogens with one attached hydrogen (secondary N) is 1. The van der Waals surface area contributed by atoms with E-state index < -0.39 is 0 Å². The molecule has 120 valence electrons. The molecular formula is C17H19BrN4O. The van der Waals surface area contributed by atoms with Gasteiger partial charge in [0.1, 0.15) is 0 Å². The summed E-state index contributed by atoms with van der Waals surface area (Å²) >= 11 is 3.45. The number of piperazine rings is 1. The number of anilines is 2. The first-order valence-corrected chi connectivity index (χ1v) is 8.36. The lowest BCUT2D eigenvalue weighted by Crippen LogP contribution is -2.47. The van der Waals surface area contributed by atoms with Crippen LogP contribution in [0.3, 0.4) is 0 Å². The zero-order valence-corrected chi connectivity index (χ0v) is 14.6. The summed E-state index contributed by atoms with van der Waals surface area (Å²) in [4.78, 5) is 20.9. The number of rotatable bonds is 3. The zero-order chi connectivity index (χ0) is 16.2. The molecule has 1 aliphatic rings. The number of pyridine rings is 1. The molecule has 1 aromatic heterocycles. The highest BCUT2D eigenvalue weighted by atomic mass is 79.9. The van der Waals surface area contributed by atoms with E-state index in [-0.39, 0.29) is 5.91 Å². The van der Waals surface area contributed by atoms with Crippen molar-refractivity contribution in [3.05, 3.63) is 52.8 Å². The molecule has 0 atom stereocenters. The Balaban J connectivity index is 1.73. The number of hydrogen-bond acceptors (Lipinski definition) is 4. The van der Waals surface area contributed by atoms with Crippen LogP contribution >= 0.6 is 15.9 Å². The van der Waals surface area contributed by atoms with Crippen molar-refractivity contribution in [2.75, 3.05) is 38.5 Å². The lowest BCUT2D eigenvalue weighted by molar-refractivity contribution is 0.0663. The Kier molecular flexibility index (Phi) is 4.93. The number of likely N-dealkylation sites (N-methyl/N-ethyl adjacent to an activating group) is 1. The summed E-state index contributed by atoms with van der Waals surface area (Å²) < 4.78 is 1.00. The fourth-order valence-electron chi connectivity index (χ4n) is 2.55. The Labute approximate surface area is 144 Å². The lowest BCUT2D eigenvalue weighted by atomic mass is 10.2. The van der Waals surface area contributed by atoms with E-state index in [1.54, 1.807) is 12.4 Å². The van der Waals surface area contributed by atoms with Crippen molar-refractivity contribution in [1.82, 2.24) is 14.8 Å². The molecule has 0 spiro atoms. The van der Waals surface area contributed by atoms with Gasteiger partial charge in [0.25, 0.3) is 5.91 Å². The molecule has 2 heterocycles. The second-order valence-corrected chi connectivity index (χ2v) is 6.61. The molecule has 0 aliphatic carbocycles. The van der Waals surface area contributed by atoms with Crippen molar-refractivity contribution in [2.45, 2.75) is 0 Å². The maximum Gasteiger partial charge on any atom is 0.255 e. The van der Waals surface area contributed by atoms with Crippen LogP contribution < -0.4 is 5.32 Å². The molecule has 0 saturated carbocycles. The van der Waals surface area contributed by atoms with Crippen molar-refractivity contribution >= 4 is 33.2 Å². The van der Waals surface area contributed by atoms with E-state index in [0.29, 0.717) is 5.56 Å². The monoisotopic (exact) mass is 374 g/mol. The van der Waals surface area contributed by atoms with E-state index in [2.05, 4.69) is 38.2 Å². The highest BCUT2D eigenvalue weighted by molar-refractivity contribution is 9.10. The standard InChI is InChI=1S/C17H19BrN4O/c1-21-5-7-22(8-6-21)17(23)13-9-16(12-19-11-13)20-15-4-2-3-14(18)10-15/h2-4,9-12,20H,5-8H2,1H3. The molecule has 0 radical (unpaired) electrons. The fourth-order valence-corrected chi connectivity index (χ4v) is 2.95. The maximum atomic E-state index is 12.6. The largest absolute Gasteiger partial charge is 0.354 e. The molecule has 0 bridgehead atoms. The molecule has 1 amide bonds. The number of nitrogens with zero attached hydrogens (tertiary/aromatic N) is 3. The van der Waals surface area contributed by atoms with Gasteiger partial charge in [0.2, 0.25) is 0 Å². The third kappa shape index (κ3) is 4.09. The molecule has 1 aromatic carbocycles. The number of halogens is 1. The molecule has 1 aliphatic heterocycles. The molecule has 23 heavy (non-hydrogen) atoms. The van der Waals surface area contributed by atoms with E-state index in [0.717, 1.165) is 42.0 Å². The van der Waals surface area contributed by atoms with Gasteiger partial charge in [0.15, 0.2) is 0 Å². The quantitative estimate of drug-likeness (QED) is 0.896. The van der Waals surface area contributed by atoms with Gasteiger partial charge in [-0.2, -0.15) is 0 Å². The predicted molar refractivity (Wildman–Crippen MR) is 95.1 cm³/mol. The molecule has 2 aromatic rings. The molecule has 1 fully saturated rings. The number of carbonyl (C=O) groups is 1. The van der Waals surface area contributed by atoms with Crippen molar-refractivity contribution in [3.63, 3.8) is 0 Å². The lowest BCUT2D eigenvalue weighted by Gasteiger charge is -2.32. The number of hydrogen-bond donors (Lipinski definition) is 1. The summed E-state index contributed by atoms with van der Waals surface area (Å²) in [5, 5.41) is 3.28. The summed E-state index contributed by atoms with van der Waals surface area (Å²) in [7, 11) is 2.08. The highest BCUT2D eigenvalue weighted by Crippen LogP contribution is 2.21. The van der Waals surface area contributed by atoms with Crippen LogP contribution in [0.5, 0.6) is 0 Å². The van der Waals surface area contributed by atoms with Crippen LogP contribution in [0.4, 0.5) is 11.4 Å². The van der Waals surface area contributed by atoms with Crippen LogP contribution in [0.15, 0.2) is 47.2 Å². The van der Waals surface area contributed by atoms with E-state index >= 15 is 0 Å². The van der Waals surface area contributed by atoms with Gasteiger partial charge in [0, 0.05) is 42.5 Å². The predicted octanol–water partition coefficient (Wildman–Crippen LogP) is 2.98. The molecular weight excluding hydrogens is 356 g/mol. The van der Waals surface area contributed by atoms with Crippen molar-refractivity contribution in [1.29, 1.82) is 0 Å². The summed E-state index contributed by atoms with van der Waals surface area (Å²) in [5.74, 6) is 0.0449. The Morgan fingerprint density at radius 1 is 1.13 bits per heavy atom. The van der Waals surface area contributed by atoms with Gasteiger partial charge in [-0.3, -0.25) is 9.78 Å². The minimum Gasteiger partial charge on any atom is -0.354 e. The van der Waals surface area contributed by atoms with Gasteiger partial charge in [-0.1, -0.05) is 22.0 Å². The molecule has 0 unspecified atom stereocenters. The van der Waals surface area contributed by atoms with E-state index in [1.807, 2.05) is 35.2 Å². The van der Waals surface area contributed by atoms with Gasteiger partial charge in [-0.25, -0.2) is 0 Å². The molecule has 5 nitrogen and oxygen atoms in total. The Hall–Kier alpha value is -1.92. The van der Waals surface area contributed by atoms with Crippen LogP contribution in [0.1, 0.15) is 10.4 Å². The Bertz CT molecular complexity index is 698. The van der Waals surface area contributed by atoms with E-state index in [4.69, 9.17) is 0 Å². The third-order valence-electron chi connectivity index (χ3n) is 3.89. The van der Waals surface area contributed by atoms with Gasteiger partial charge in [0.05, 0.1) is 17.4 Å². The van der Waals surface area contributed by atoms with Gasteiger partial charge < -0.3 is 15.1 Å². The first-order valence-electron chi connectivity index (χ1n) is 7.57. The third-order valence-corrected chi connectivity index (χ3v) is 4.38. The maximum absolute atomic E-state index is 12.6. The average molecular weight is 375 g/mol. The molecule has 6 heteroatoms. The van der Waals surface area contributed by atoms with E-state index in [1.165, 1.54) is 0 Å². The van der Waals surface area contributed by atoms with E-state index in [9.17, 15) is 4.79 Å². The number of carbonyl (C=O) groups excluding carboxylic acids is 1. The van der Waals surface area contributed by atoms with Crippen molar-refractivity contribution in [2.24, 2.45) is 0 Å². The van der Waals surface area contributed by atoms with Crippen LogP contribution in [-0.2, 0) is 0 Å². The normalized spacial score (nSPS) is 15.5. The smallest absolute Gasteiger partial charge is 0.255 e. The average Bonchev–Trinajstić information content (AvgIpc) is 2.55. The minimum absolute atomic E-state index is 0.0449. The minimum atomic E-state index is 0.0449. The summed E-state index contributed by atoms with van der Waals surface area (Å²) in [6.07, 6.45) is 3.36. The van der Waals surface area contributed by atoms with Crippen molar-refractivity contribution in [3.8, 4) is 0 Å². The van der Waals surface area contributed by atoms with Gasteiger partial charge >= 0.3 is 0 Å². The zero-order valence-electron chi connectivity index (χ0n) is 13.0. The van der Waals surface area contributed by atoms with Crippen LogP contribution in [0.2, 0.25) is 0 Å².